The molecule has 3 aliphatic rings. The Kier molecular flexibility index (Phi) is 13.5. The molecular formula is C29H56N4O3. The maximum Gasteiger partial charge on any atom is 0.234 e. The summed E-state index contributed by atoms with van der Waals surface area (Å²) in [6.07, 6.45) is 11.9. The summed E-state index contributed by atoms with van der Waals surface area (Å²) in [6, 6.07) is 0.297. The van der Waals surface area contributed by atoms with Gasteiger partial charge < -0.3 is 19.7 Å². The fourth-order valence-corrected chi connectivity index (χ4v) is 6.23. The number of amides is 1. The maximum atomic E-state index is 12.5. The molecule has 0 aromatic rings. The number of hydrogen-bond acceptors (Lipinski definition) is 6. The molecule has 2 heterocycles. The van der Waals surface area contributed by atoms with Crippen molar-refractivity contribution in [3.8, 4) is 0 Å². The number of ether oxygens (including phenoxy) is 2. The zero-order chi connectivity index (χ0) is 25.8. The molecule has 2 aliphatic heterocycles. The van der Waals surface area contributed by atoms with Crippen LogP contribution in [0.3, 0.4) is 0 Å². The highest BCUT2D eigenvalue weighted by atomic mass is 16.5. The molecule has 2 unspecified atom stereocenters. The summed E-state index contributed by atoms with van der Waals surface area (Å²) in [7, 11) is 1.75. The SMILES string of the molecule is CCCCCC(C)CC(C)CN1CCC(OC2CC(NC(=O)CN3CCN(CCOC)CC3)C2)CC1. The fraction of sp³-hybridized carbons (Fsp3) is 0.966. The minimum atomic E-state index is 0.172. The van der Waals surface area contributed by atoms with E-state index in [0.29, 0.717) is 24.8 Å². The van der Waals surface area contributed by atoms with E-state index in [1.165, 1.54) is 51.7 Å². The van der Waals surface area contributed by atoms with Crippen LogP contribution in [0.15, 0.2) is 0 Å². The monoisotopic (exact) mass is 508 g/mol. The summed E-state index contributed by atoms with van der Waals surface area (Å²) in [6.45, 7) is 17.0. The summed E-state index contributed by atoms with van der Waals surface area (Å²) < 4.78 is 11.6. The predicted octanol–water partition coefficient (Wildman–Crippen LogP) is 3.62. The van der Waals surface area contributed by atoms with E-state index in [2.05, 4.69) is 40.8 Å². The Morgan fingerprint density at radius 1 is 0.917 bits per heavy atom. The van der Waals surface area contributed by atoms with Crippen LogP contribution in [-0.2, 0) is 14.3 Å². The lowest BCUT2D eigenvalue weighted by molar-refractivity contribution is -0.127. The molecular weight excluding hydrogens is 452 g/mol. The van der Waals surface area contributed by atoms with Gasteiger partial charge in [0.2, 0.25) is 5.91 Å². The van der Waals surface area contributed by atoms with Gasteiger partial charge in [0, 0.05) is 65.5 Å². The van der Waals surface area contributed by atoms with E-state index in [1.54, 1.807) is 7.11 Å². The van der Waals surface area contributed by atoms with Crippen LogP contribution in [0.2, 0.25) is 0 Å². The number of methoxy groups -OCH3 is 1. The minimum Gasteiger partial charge on any atom is -0.383 e. The van der Waals surface area contributed by atoms with Crippen LogP contribution < -0.4 is 5.32 Å². The summed E-state index contributed by atoms with van der Waals surface area (Å²) in [4.78, 5) is 19.8. The molecule has 2 saturated heterocycles. The van der Waals surface area contributed by atoms with Crippen molar-refractivity contribution >= 4 is 5.91 Å². The molecule has 2 atom stereocenters. The van der Waals surface area contributed by atoms with Gasteiger partial charge in [-0.05, 0) is 43.9 Å². The largest absolute Gasteiger partial charge is 0.383 e. The van der Waals surface area contributed by atoms with E-state index in [1.807, 2.05) is 0 Å². The normalized spacial score (nSPS) is 26.4. The van der Waals surface area contributed by atoms with Gasteiger partial charge >= 0.3 is 0 Å². The molecule has 1 aliphatic carbocycles. The minimum absolute atomic E-state index is 0.172. The summed E-state index contributed by atoms with van der Waals surface area (Å²) >= 11 is 0. The van der Waals surface area contributed by atoms with Crippen LogP contribution in [0, 0.1) is 11.8 Å². The van der Waals surface area contributed by atoms with Crippen LogP contribution in [-0.4, -0.2) is 111 Å². The van der Waals surface area contributed by atoms with Crippen molar-refractivity contribution in [3.05, 3.63) is 0 Å². The van der Waals surface area contributed by atoms with Crippen molar-refractivity contribution in [2.75, 3.05) is 72.6 Å². The molecule has 36 heavy (non-hydrogen) atoms. The van der Waals surface area contributed by atoms with Crippen LogP contribution in [0.25, 0.3) is 0 Å². The van der Waals surface area contributed by atoms with Gasteiger partial charge in [-0.3, -0.25) is 14.6 Å². The third kappa shape index (κ3) is 10.9. The van der Waals surface area contributed by atoms with E-state index in [4.69, 9.17) is 9.47 Å². The smallest absolute Gasteiger partial charge is 0.234 e. The number of piperidine rings is 1. The lowest BCUT2D eigenvalue weighted by Crippen LogP contribution is -2.54. The lowest BCUT2D eigenvalue weighted by atomic mass is 9.88. The second-order valence-corrected chi connectivity index (χ2v) is 12.0. The summed E-state index contributed by atoms with van der Waals surface area (Å²) in [5, 5.41) is 3.23. The number of nitrogens with one attached hydrogen (secondary N) is 1. The summed E-state index contributed by atoms with van der Waals surface area (Å²) in [5.41, 5.74) is 0. The first kappa shape index (κ1) is 29.8. The number of piperazine rings is 1. The van der Waals surface area contributed by atoms with Crippen molar-refractivity contribution in [2.45, 2.75) is 96.8 Å². The molecule has 1 N–H and O–H groups in total. The van der Waals surface area contributed by atoms with Gasteiger partial charge in [0.1, 0.15) is 0 Å². The molecule has 0 spiro atoms. The van der Waals surface area contributed by atoms with Gasteiger partial charge in [-0.25, -0.2) is 0 Å². The van der Waals surface area contributed by atoms with Gasteiger partial charge in [0.05, 0.1) is 25.4 Å². The van der Waals surface area contributed by atoms with Crippen LogP contribution in [0.4, 0.5) is 0 Å². The van der Waals surface area contributed by atoms with Gasteiger partial charge in [-0.2, -0.15) is 0 Å². The number of likely N-dealkylation sites (tertiary alicyclic amines) is 1. The van der Waals surface area contributed by atoms with Gasteiger partial charge in [-0.1, -0.05) is 46.5 Å². The predicted molar refractivity (Wildman–Crippen MR) is 147 cm³/mol. The highest BCUT2D eigenvalue weighted by Gasteiger charge is 2.34. The molecule has 0 radical (unpaired) electrons. The maximum absolute atomic E-state index is 12.5. The second kappa shape index (κ2) is 16.3. The molecule has 0 aromatic heterocycles. The van der Waals surface area contributed by atoms with Crippen LogP contribution in [0.1, 0.15) is 78.6 Å². The van der Waals surface area contributed by atoms with E-state index >= 15 is 0 Å². The molecule has 3 rings (SSSR count). The highest BCUT2D eigenvalue weighted by molar-refractivity contribution is 5.78. The number of hydrogen-bond donors (Lipinski definition) is 1. The number of carbonyl (C=O) groups is 1. The quantitative estimate of drug-likeness (QED) is 0.322. The summed E-state index contributed by atoms with van der Waals surface area (Å²) in [5.74, 6) is 1.82. The second-order valence-electron chi connectivity index (χ2n) is 12.0. The average Bonchev–Trinajstić information content (AvgIpc) is 2.83. The van der Waals surface area contributed by atoms with Crippen LogP contribution in [0.5, 0.6) is 0 Å². The topological polar surface area (TPSA) is 57.3 Å². The van der Waals surface area contributed by atoms with E-state index < -0.39 is 0 Å². The molecule has 7 nitrogen and oxygen atoms in total. The number of carbonyl (C=O) groups excluding carboxylic acids is 1. The average molecular weight is 509 g/mol. The molecule has 1 amide bonds. The van der Waals surface area contributed by atoms with Crippen molar-refractivity contribution in [2.24, 2.45) is 11.8 Å². The van der Waals surface area contributed by atoms with E-state index in [-0.39, 0.29) is 5.91 Å². The molecule has 0 bridgehead atoms. The van der Waals surface area contributed by atoms with Crippen molar-refractivity contribution in [3.63, 3.8) is 0 Å². The van der Waals surface area contributed by atoms with Crippen LogP contribution >= 0.6 is 0 Å². The Labute approximate surface area is 221 Å². The standard InChI is InChI=1S/C29H56N4O3/c1-5-6-7-8-24(2)19-25(3)22-32-11-9-27(10-12-32)36-28-20-26(21-28)30-29(34)23-33-15-13-31(14-16-33)17-18-35-4/h24-28H,5-23H2,1-4H3,(H,30,34). The van der Waals surface area contributed by atoms with E-state index in [0.717, 1.165) is 76.8 Å². The Morgan fingerprint density at radius 3 is 2.28 bits per heavy atom. The molecule has 1 saturated carbocycles. The molecule has 7 heteroatoms. The van der Waals surface area contributed by atoms with Crippen molar-refractivity contribution in [1.82, 2.24) is 20.0 Å². The number of nitrogens with zero attached hydrogens (tertiary/aromatic N) is 3. The molecule has 0 aromatic carbocycles. The zero-order valence-corrected chi connectivity index (χ0v) is 23.9. The first-order chi connectivity index (χ1) is 17.4. The molecule has 3 fully saturated rings. The fourth-order valence-electron chi connectivity index (χ4n) is 6.23. The van der Waals surface area contributed by atoms with E-state index in [9.17, 15) is 4.79 Å². The van der Waals surface area contributed by atoms with Gasteiger partial charge in [0.25, 0.3) is 0 Å². The zero-order valence-electron chi connectivity index (χ0n) is 23.9. The number of rotatable bonds is 16. The Hall–Kier alpha value is -0.730. The van der Waals surface area contributed by atoms with Gasteiger partial charge in [0.15, 0.2) is 0 Å². The van der Waals surface area contributed by atoms with Gasteiger partial charge in [-0.15, -0.1) is 0 Å². The van der Waals surface area contributed by atoms with Crippen molar-refractivity contribution in [1.29, 1.82) is 0 Å². The third-order valence-electron chi connectivity index (χ3n) is 8.50. The molecule has 210 valence electrons. The van der Waals surface area contributed by atoms with Crippen molar-refractivity contribution < 1.29 is 14.3 Å². The first-order valence-corrected chi connectivity index (χ1v) is 15.1. The Balaban J connectivity index is 1.20. The first-order valence-electron chi connectivity index (χ1n) is 15.1. The lowest BCUT2D eigenvalue weighted by Gasteiger charge is -2.41. The Morgan fingerprint density at radius 2 is 1.61 bits per heavy atom. The number of unbranched alkanes of at least 4 members (excludes halogenated alkanes) is 2. The Bertz CT molecular complexity index is 599. The highest BCUT2D eigenvalue weighted by Crippen LogP contribution is 2.28. The third-order valence-corrected chi connectivity index (χ3v) is 8.50.